The average Bonchev–Trinajstić information content (AvgIpc) is 4.31. The van der Waals surface area contributed by atoms with Crippen molar-refractivity contribution in [3.63, 3.8) is 0 Å². The van der Waals surface area contributed by atoms with Crippen LogP contribution in [0.15, 0.2) is 109 Å². The summed E-state index contributed by atoms with van der Waals surface area (Å²) in [4.78, 5) is 61.8. The van der Waals surface area contributed by atoms with E-state index in [0.717, 1.165) is 87.3 Å². The lowest BCUT2D eigenvalue weighted by atomic mass is 9.89. The number of carbonyl (C=O) groups is 3. The minimum atomic E-state index is -3.88. The third-order valence-corrected chi connectivity index (χ3v) is 17.7. The largest absolute Gasteiger partial charge is 0.444 e. The molecule has 2 aliphatic carbocycles. The highest BCUT2D eigenvalue weighted by molar-refractivity contribution is 7.90. The third kappa shape index (κ3) is 14.7. The number of hydrogen-bond donors (Lipinski definition) is 6. The molecule has 2 saturated heterocycles. The van der Waals surface area contributed by atoms with Crippen LogP contribution in [0.5, 0.6) is 0 Å². The molecule has 4 aliphatic rings. The van der Waals surface area contributed by atoms with Crippen LogP contribution in [0.3, 0.4) is 0 Å². The van der Waals surface area contributed by atoms with Gasteiger partial charge in [-0.1, -0.05) is 92.7 Å². The van der Waals surface area contributed by atoms with E-state index in [1.54, 1.807) is 59.8 Å². The number of H-pyrrole nitrogens is 1. The summed E-state index contributed by atoms with van der Waals surface area (Å²) in [5.74, 6) is 1.18. The maximum absolute atomic E-state index is 13.6. The third-order valence-electron chi connectivity index (χ3n) is 15.5. The van der Waals surface area contributed by atoms with Crippen LogP contribution in [-0.2, 0) is 24.3 Å². The summed E-state index contributed by atoms with van der Waals surface area (Å²) >= 11 is 13.1. The monoisotopic (exact) mass is 1180 g/mol. The first-order valence-corrected chi connectivity index (χ1v) is 30.1. The molecule has 7 aromatic rings. The fourth-order valence-corrected chi connectivity index (χ4v) is 13.2. The number of hydrogen-bond acceptors (Lipinski definition) is 13. The molecule has 18 nitrogen and oxygen atoms in total. The fraction of sp³-hybridized carbons (Fsp3) is 0.459. The number of nitrogens with one attached hydrogen (secondary N) is 6. The predicted octanol–water partition coefficient (Wildman–Crippen LogP) is 11.9. The molecule has 4 aromatic heterocycles. The molecule has 2 unspecified atom stereocenters. The second-order valence-corrected chi connectivity index (χ2v) is 25.0. The molecule has 11 rings (SSSR count). The van der Waals surface area contributed by atoms with Gasteiger partial charge in [-0.25, -0.2) is 37.1 Å². The number of para-hydroxylation sites is 2. The number of carbonyl (C=O) groups excluding carboxylic acids is 3. The van der Waals surface area contributed by atoms with Gasteiger partial charge in [0.1, 0.15) is 5.60 Å². The number of aromatic amines is 1. The molecule has 82 heavy (non-hydrogen) atoms. The maximum Gasteiger partial charge on any atom is 0.410 e. The number of halogens is 2. The van der Waals surface area contributed by atoms with Gasteiger partial charge < -0.3 is 41.2 Å². The van der Waals surface area contributed by atoms with E-state index in [2.05, 4.69) is 47.6 Å². The summed E-state index contributed by atoms with van der Waals surface area (Å²) in [7, 11) is -3.88. The van der Waals surface area contributed by atoms with Crippen LogP contribution in [0, 0.1) is 11.8 Å². The maximum atomic E-state index is 13.6. The normalized spacial score (nSPS) is 19.8. The van der Waals surface area contributed by atoms with E-state index < -0.39 is 15.6 Å². The van der Waals surface area contributed by atoms with Gasteiger partial charge >= 0.3 is 6.09 Å². The Labute approximate surface area is 491 Å². The smallest absolute Gasteiger partial charge is 0.410 e. The number of aromatic nitrogens is 6. The Bertz CT molecular complexity index is 3430. The highest BCUT2D eigenvalue weighted by atomic mass is 35.5. The Morgan fingerprint density at radius 1 is 0.646 bits per heavy atom. The zero-order valence-corrected chi connectivity index (χ0v) is 47.7. The van der Waals surface area contributed by atoms with Crippen molar-refractivity contribution in [2.75, 3.05) is 36.8 Å². The summed E-state index contributed by atoms with van der Waals surface area (Å²) in [6.07, 6.45) is 16.8. The van der Waals surface area contributed by atoms with Gasteiger partial charge in [-0.15, -0.1) is 0 Å². The van der Waals surface area contributed by atoms with Gasteiger partial charge in [-0.05, 0) is 135 Å². The van der Waals surface area contributed by atoms with Crippen LogP contribution in [-0.4, -0.2) is 116 Å². The molecule has 438 valence electrons. The lowest BCUT2D eigenvalue weighted by molar-refractivity contribution is -0.127. The van der Waals surface area contributed by atoms with Crippen molar-refractivity contribution in [3.8, 4) is 22.5 Å². The lowest BCUT2D eigenvalue weighted by Crippen LogP contribution is -2.48. The number of likely N-dealkylation sites (tertiary alicyclic amines) is 1. The van der Waals surface area contributed by atoms with Gasteiger partial charge in [-0.2, -0.15) is 0 Å². The summed E-state index contributed by atoms with van der Waals surface area (Å²) in [5.41, 5.74) is 3.69. The topological polar surface area (TPSA) is 230 Å². The summed E-state index contributed by atoms with van der Waals surface area (Å²) in [6.45, 7) is 8.38. The molecule has 4 atom stereocenters. The quantitative estimate of drug-likeness (QED) is 0.0670. The van der Waals surface area contributed by atoms with Crippen LogP contribution in [0.1, 0.15) is 113 Å². The number of nitrogens with zero attached hydrogens (tertiary/aromatic N) is 6. The first-order chi connectivity index (χ1) is 38.6. The Kier molecular flexibility index (Phi) is 20.2. The Morgan fingerprint density at radius 2 is 1.16 bits per heavy atom. The summed E-state index contributed by atoms with van der Waals surface area (Å²) < 4.78 is 34.0. The molecule has 0 radical (unpaired) electrons. The first-order valence-electron chi connectivity index (χ1n) is 27.9. The molecular formula is C61H78Cl2N12O6S. The Hall–Kier alpha value is -6.80. The molecule has 6 heterocycles. The molecule has 0 bridgehead atoms. The molecule has 4 fully saturated rings. The van der Waals surface area contributed by atoms with Gasteiger partial charge in [0.25, 0.3) is 10.0 Å². The molecule has 3 aromatic carbocycles. The van der Waals surface area contributed by atoms with Crippen molar-refractivity contribution in [3.05, 3.63) is 114 Å². The van der Waals surface area contributed by atoms with Crippen molar-refractivity contribution in [1.82, 2.24) is 49.7 Å². The molecule has 2 aliphatic heterocycles. The molecule has 0 spiro atoms. The van der Waals surface area contributed by atoms with E-state index in [9.17, 15) is 22.8 Å². The molecule has 2 saturated carbocycles. The van der Waals surface area contributed by atoms with Crippen molar-refractivity contribution >= 4 is 84.8 Å². The van der Waals surface area contributed by atoms with E-state index in [0.29, 0.717) is 82.1 Å². The minimum absolute atomic E-state index is 0. The van der Waals surface area contributed by atoms with Gasteiger partial charge in [-0.3, -0.25) is 9.59 Å². The molecule has 21 heteroatoms. The Balaban J connectivity index is 0.000000225. The number of rotatable bonds is 12. The van der Waals surface area contributed by atoms with Crippen LogP contribution in [0.2, 0.25) is 10.0 Å². The second-order valence-electron chi connectivity index (χ2n) is 22.4. The summed E-state index contributed by atoms with van der Waals surface area (Å²) in [5, 5.41) is 19.4. The van der Waals surface area contributed by atoms with Crippen molar-refractivity contribution < 1.29 is 27.5 Å². The van der Waals surface area contributed by atoms with Crippen LogP contribution < -0.4 is 26.6 Å². The van der Waals surface area contributed by atoms with Gasteiger partial charge in [0, 0.05) is 88.9 Å². The van der Waals surface area contributed by atoms with Gasteiger partial charge in [0.15, 0.2) is 0 Å². The zero-order valence-electron chi connectivity index (χ0n) is 45.4. The van der Waals surface area contributed by atoms with Gasteiger partial charge in [0.05, 0.1) is 44.2 Å². The van der Waals surface area contributed by atoms with E-state index in [4.69, 9.17) is 37.9 Å². The SMILES string of the molecule is C.C.CC(C)(C)OC(=O)N1CCC(C(=O)NC2CCC[C@@H](Nc3ncc(Cl)c(-c4cn(S(=O)(=O)c5ccccc5)c5ccccc45)n3)C2)CC1.O=C(NC1CCC[C@@H](Nc2ncc(Cl)c(-c3c[nH]c4ccccc34)n2)C1)C1CCNCC1. The van der Waals surface area contributed by atoms with Crippen molar-refractivity contribution in [1.29, 1.82) is 0 Å². The summed E-state index contributed by atoms with van der Waals surface area (Å²) in [6, 6.07) is 24.1. The first kappa shape index (κ1) is 61.3. The number of benzene rings is 3. The highest BCUT2D eigenvalue weighted by Crippen LogP contribution is 2.37. The Morgan fingerprint density at radius 3 is 1.74 bits per heavy atom. The highest BCUT2D eigenvalue weighted by Gasteiger charge is 2.33. The van der Waals surface area contributed by atoms with Gasteiger partial charge in [0.2, 0.25) is 23.7 Å². The van der Waals surface area contributed by atoms with E-state index in [1.165, 1.54) is 10.2 Å². The number of piperidine rings is 2. The lowest BCUT2D eigenvalue weighted by Gasteiger charge is -2.35. The average molecular weight is 1180 g/mol. The van der Waals surface area contributed by atoms with Crippen molar-refractivity contribution in [2.24, 2.45) is 11.8 Å². The zero-order chi connectivity index (χ0) is 56.0. The molecule has 3 amide bonds. The number of ether oxygens (including phenoxy) is 1. The molecule has 6 N–H and O–H groups in total. The molecular weight excluding hydrogens is 1100 g/mol. The second kappa shape index (κ2) is 27.1. The predicted molar refractivity (Wildman–Crippen MR) is 327 cm³/mol. The number of anilines is 2. The van der Waals surface area contributed by atoms with E-state index in [-0.39, 0.29) is 73.7 Å². The van der Waals surface area contributed by atoms with Crippen LogP contribution in [0.25, 0.3) is 44.3 Å². The number of amides is 3. The minimum Gasteiger partial charge on any atom is -0.444 e. The van der Waals surface area contributed by atoms with Crippen LogP contribution in [0.4, 0.5) is 16.7 Å². The number of fused-ring (bicyclic) bond motifs is 2. The standard InChI is InChI=1S/C35H41ClN6O5S.C24H29ClN6O.2CH4/c1-35(2,3)47-34(44)41-18-16-23(17-19-41)32(43)38-24-10-9-11-25(20-24)39-33-37-21-29(36)31(40-33)28-22-42(30-15-8-7-14-27(28)30)48(45,46)26-12-5-4-6-13-26;25-20-14-28-24(31-22(20)19-13-27-21-7-2-1-6-18(19)21)30-17-5-3-4-16(12-17)29-23(32)15-8-10-26-11-9-15;;/h4-8,12-15,21-25H,9-11,16-20H2,1-3H3,(H,38,43)(H,37,39,40);1-2,6-7,13-17,26-27H,3-5,8-12H2,(H,29,32)(H,28,30,31);2*1H4/t24?,25-;16?,17-;;/m11../s1. The van der Waals surface area contributed by atoms with Crippen LogP contribution >= 0.6 is 23.2 Å². The fourth-order valence-electron chi connectivity index (χ4n) is 11.4. The van der Waals surface area contributed by atoms with Crippen molar-refractivity contribution in [2.45, 2.75) is 147 Å². The van der Waals surface area contributed by atoms with E-state index in [1.807, 2.05) is 57.3 Å². The van der Waals surface area contributed by atoms with E-state index >= 15 is 0 Å².